The highest BCUT2D eigenvalue weighted by atomic mass is 16.5. The number of carbonyl (C=O) groups excluding carboxylic acids is 1. The minimum Gasteiger partial charge on any atom is -0.464 e. The molecule has 1 atom stereocenters. The molecule has 3 aromatic carbocycles. The van der Waals surface area contributed by atoms with E-state index in [-0.39, 0.29) is 12.2 Å². The minimum atomic E-state index is -0.795. The fourth-order valence-corrected chi connectivity index (χ4v) is 3.88. The number of aromatic amines is 1. The fraction of sp³-hybridized carbons (Fsp3) is 0.179. The molecule has 0 bridgehead atoms. The number of esters is 1. The zero-order valence-corrected chi connectivity index (χ0v) is 19.3. The molecule has 0 spiro atoms. The number of hydrogen-bond donors (Lipinski definition) is 1. The molecular weight excluding hydrogens is 426 g/mol. The first kappa shape index (κ1) is 23.0. The number of carbonyl (C=O) groups is 1. The molecule has 172 valence electrons. The van der Waals surface area contributed by atoms with Crippen molar-refractivity contribution in [2.75, 3.05) is 6.61 Å². The molecule has 0 amide bonds. The number of nitrogens with one attached hydrogen (secondary N) is 1. The van der Waals surface area contributed by atoms with Gasteiger partial charge in [-0.3, -0.25) is 14.9 Å². The SMILES string of the molecule is CCOC(=O)[C@@H](Cc1ccccc1)N=C(c1ccccc1)c1c(C)[nH]n(-c2ccccc2)c1=O. The number of hydrogen-bond acceptors (Lipinski definition) is 4. The fourth-order valence-electron chi connectivity index (χ4n) is 3.88. The number of nitrogens with zero attached hydrogens (tertiary/aromatic N) is 2. The van der Waals surface area contributed by atoms with Crippen molar-refractivity contribution in [2.45, 2.75) is 26.3 Å². The maximum Gasteiger partial charge on any atom is 0.331 e. The Morgan fingerprint density at radius 3 is 2.15 bits per heavy atom. The van der Waals surface area contributed by atoms with E-state index in [4.69, 9.17) is 9.73 Å². The van der Waals surface area contributed by atoms with Crippen molar-refractivity contribution in [3.63, 3.8) is 0 Å². The highest BCUT2D eigenvalue weighted by Gasteiger charge is 2.25. The number of H-pyrrole nitrogens is 1. The molecule has 6 heteroatoms. The topological polar surface area (TPSA) is 76.4 Å². The quantitative estimate of drug-likeness (QED) is 0.316. The first-order valence-electron chi connectivity index (χ1n) is 11.3. The molecule has 0 aliphatic rings. The minimum absolute atomic E-state index is 0.228. The lowest BCUT2D eigenvalue weighted by atomic mass is 10.0. The lowest BCUT2D eigenvalue weighted by Gasteiger charge is -2.15. The van der Waals surface area contributed by atoms with Crippen LogP contribution in [0.15, 0.2) is 101 Å². The van der Waals surface area contributed by atoms with E-state index in [0.29, 0.717) is 23.4 Å². The summed E-state index contributed by atoms with van der Waals surface area (Å²) in [7, 11) is 0. The first-order valence-corrected chi connectivity index (χ1v) is 11.3. The standard InChI is InChI=1S/C28H27N3O3/c1-3-34-28(33)24(19-21-13-7-4-8-14-21)29-26(22-15-9-5-10-16-22)25-20(2)30-31(27(25)32)23-17-11-6-12-18-23/h4-18,24,30H,3,19H2,1-2H3/t24-/m1/s1. The second-order valence-corrected chi connectivity index (χ2v) is 7.89. The predicted molar refractivity (Wildman–Crippen MR) is 134 cm³/mol. The van der Waals surface area contributed by atoms with E-state index >= 15 is 0 Å². The first-order chi connectivity index (χ1) is 16.6. The maximum atomic E-state index is 13.6. The van der Waals surface area contributed by atoms with Crippen molar-refractivity contribution in [3.05, 3.63) is 124 Å². The maximum absolute atomic E-state index is 13.6. The van der Waals surface area contributed by atoms with Crippen molar-refractivity contribution < 1.29 is 9.53 Å². The summed E-state index contributed by atoms with van der Waals surface area (Å²) in [5.41, 5.74) is 3.77. The van der Waals surface area contributed by atoms with Crippen LogP contribution in [0.4, 0.5) is 0 Å². The van der Waals surface area contributed by atoms with Crippen LogP contribution in [0.3, 0.4) is 0 Å². The summed E-state index contributed by atoms with van der Waals surface area (Å²) in [6.45, 7) is 3.86. The Hall–Kier alpha value is -4.19. The van der Waals surface area contributed by atoms with E-state index < -0.39 is 12.0 Å². The van der Waals surface area contributed by atoms with Crippen LogP contribution in [0.25, 0.3) is 5.69 Å². The van der Waals surface area contributed by atoms with Gasteiger partial charge in [0.15, 0.2) is 6.04 Å². The Kier molecular flexibility index (Phi) is 7.18. The van der Waals surface area contributed by atoms with Crippen LogP contribution in [0.5, 0.6) is 0 Å². The monoisotopic (exact) mass is 453 g/mol. The van der Waals surface area contributed by atoms with Crippen LogP contribution < -0.4 is 5.56 Å². The molecule has 0 radical (unpaired) electrons. The van der Waals surface area contributed by atoms with Gasteiger partial charge < -0.3 is 4.74 Å². The van der Waals surface area contributed by atoms with Crippen LogP contribution in [-0.2, 0) is 16.0 Å². The number of benzene rings is 3. The number of aliphatic imine (C=N–C) groups is 1. The van der Waals surface area contributed by atoms with E-state index in [1.165, 1.54) is 4.68 Å². The van der Waals surface area contributed by atoms with Gasteiger partial charge >= 0.3 is 5.97 Å². The van der Waals surface area contributed by atoms with Crippen LogP contribution in [0.2, 0.25) is 0 Å². The number of rotatable bonds is 8. The summed E-state index contributed by atoms with van der Waals surface area (Å²) >= 11 is 0. The Morgan fingerprint density at radius 1 is 0.941 bits per heavy atom. The normalized spacial score (nSPS) is 12.4. The molecule has 34 heavy (non-hydrogen) atoms. The van der Waals surface area contributed by atoms with Crippen LogP contribution in [0.1, 0.15) is 29.3 Å². The molecule has 0 aliphatic heterocycles. The molecule has 0 saturated heterocycles. The summed E-state index contributed by atoms with van der Waals surface area (Å²) in [4.78, 5) is 31.4. The van der Waals surface area contributed by atoms with E-state index in [9.17, 15) is 9.59 Å². The predicted octanol–water partition coefficient (Wildman–Crippen LogP) is 4.49. The van der Waals surface area contributed by atoms with E-state index in [1.807, 2.05) is 97.9 Å². The van der Waals surface area contributed by atoms with Gasteiger partial charge in [-0.1, -0.05) is 78.9 Å². The Bertz CT molecular complexity index is 1320. The zero-order chi connectivity index (χ0) is 23.9. The lowest BCUT2D eigenvalue weighted by molar-refractivity contribution is -0.144. The molecule has 6 nitrogen and oxygen atoms in total. The summed E-state index contributed by atoms with van der Waals surface area (Å²) in [5.74, 6) is -0.420. The number of aromatic nitrogens is 2. The molecule has 0 saturated carbocycles. The summed E-state index contributed by atoms with van der Waals surface area (Å²) in [6.07, 6.45) is 0.367. The van der Waals surface area contributed by atoms with Crippen molar-refractivity contribution >= 4 is 11.7 Å². The molecule has 0 unspecified atom stereocenters. The number of aryl methyl sites for hydroxylation is 1. The van der Waals surface area contributed by atoms with Gasteiger partial charge in [0, 0.05) is 17.7 Å². The number of para-hydroxylation sites is 1. The zero-order valence-electron chi connectivity index (χ0n) is 19.3. The molecule has 0 aliphatic carbocycles. The van der Waals surface area contributed by atoms with Crippen molar-refractivity contribution in [2.24, 2.45) is 4.99 Å². The summed E-state index contributed by atoms with van der Waals surface area (Å²) in [5, 5.41) is 3.16. The van der Waals surface area contributed by atoms with Gasteiger partial charge in [-0.2, -0.15) is 0 Å². The van der Waals surface area contributed by atoms with E-state index in [0.717, 1.165) is 16.8 Å². The summed E-state index contributed by atoms with van der Waals surface area (Å²) < 4.78 is 6.85. The molecule has 1 aromatic heterocycles. The van der Waals surface area contributed by atoms with Crippen molar-refractivity contribution in [1.82, 2.24) is 9.78 Å². The summed E-state index contributed by atoms with van der Waals surface area (Å²) in [6, 6.07) is 27.7. The molecule has 1 heterocycles. The molecule has 4 aromatic rings. The third-order valence-electron chi connectivity index (χ3n) is 5.49. The van der Waals surface area contributed by atoms with Crippen LogP contribution >= 0.6 is 0 Å². The average molecular weight is 454 g/mol. The highest BCUT2D eigenvalue weighted by molar-refractivity contribution is 6.14. The highest BCUT2D eigenvalue weighted by Crippen LogP contribution is 2.17. The molecule has 4 rings (SSSR count). The smallest absolute Gasteiger partial charge is 0.331 e. The van der Waals surface area contributed by atoms with Gasteiger partial charge in [0.2, 0.25) is 0 Å². The second-order valence-electron chi connectivity index (χ2n) is 7.89. The van der Waals surface area contributed by atoms with Crippen molar-refractivity contribution in [3.8, 4) is 5.69 Å². The number of ether oxygens (including phenoxy) is 1. The molecule has 1 N–H and O–H groups in total. The van der Waals surface area contributed by atoms with Gasteiger partial charge in [0.05, 0.1) is 23.6 Å². The van der Waals surface area contributed by atoms with E-state index in [2.05, 4.69) is 5.10 Å². The third kappa shape index (κ3) is 5.07. The van der Waals surface area contributed by atoms with Gasteiger partial charge in [-0.15, -0.1) is 0 Å². The van der Waals surface area contributed by atoms with Crippen LogP contribution in [-0.4, -0.2) is 34.1 Å². The van der Waals surface area contributed by atoms with Crippen LogP contribution in [0, 0.1) is 6.92 Å². The Balaban J connectivity index is 1.87. The van der Waals surface area contributed by atoms with Crippen molar-refractivity contribution in [1.29, 1.82) is 0 Å². The Labute approximate surface area is 198 Å². The Morgan fingerprint density at radius 2 is 1.53 bits per heavy atom. The van der Waals surface area contributed by atoms with Gasteiger partial charge in [-0.25, -0.2) is 9.48 Å². The van der Waals surface area contributed by atoms with Gasteiger partial charge in [-0.05, 0) is 31.5 Å². The third-order valence-corrected chi connectivity index (χ3v) is 5.49. The average Bonchev–Trinajstić information content (AvgIpc) is 3.17. The van der Waals surface area contributed by atoms with Gasteiger partial charge in [0.25, 0.3) is 5.56 Å². The lowest BCUT2D eigenvalue weighted by Crippen LogP contribution is -2.28. The largest absolute Gasteiger partial charge is 0.464 e. The second kappa shape index (κ2) is 10.6. The molecular formula is C28H27N3O3. The molecule has 0 fully saturated rings. The van der Waals surface area contributed by atoms with E-state index in [1.54, 1.807) is 6.92 Å². The van der Waals surface area contributed by atoms with Gasteiger partial charge in [0.1, 0.15) is 0 Å².